The molecule has 0 aliphatic heterocycles. The number of carbonyl (C=O) groups excluding carboxylic acids is 1. The van der Waals surface area contributed by atoms with Gasteiger partial charge in [0.25, 0.3) is 0 Å². The first-order valence-electron chi connectivity index (χ1n) is 6.69. The molecule has 3 N–H and O–H groups in total. The summed E-state index contributed by atoms with van der Waals surface area (Å²) in [6, 6.07) is 11.6. The van der Waals surface area contributed by atoms with E-state index in [2.05, 4.69) is 36.5 Å². The average Bonchev–Trinajstić information content (AvgIpc) is 2.55. The predicted octanol–water partition coefficient (Wildman–Crippen LogP) is 2.93. The number of carboxylic acids is 2. The van der Waals surface area contributed by atoms with Crippen molar-refractivity contribution in [2.24, 2.45) is 0 Å². The Bertz CT molecular complexity index is 707. The molecule has 0 atom stereocenters. The van der Waals surface area contributed by atoms with E-state index in [0.717, 1.165) is 6.07 Å². The fourth-order valence-electron chi connectivity index (χ4n) is 1.70. The Kier molecular flexibility index (Phi) is 6.48. The van der Waals surface area contributed by atoms with Crippen LogP contribution in [0.2, 0.25) is 0 Å². The summed E-state index contributed by atoms with van der Waals surface area (Å²) in [7, 11) is 1.92. The molecular formula is C17H17NO5. The lowest BCUT2D eigenvalue weighted by Crippen LogP contribution is -2.05. The minimum Gasteiger partial charge on any atom is -0.478 e. The van der Waals surface area contributed by atoms with Crippen LogP contribution in [0.4, 0.5) is 5.69 Å². The van der Waals surface area contributed by atoms with Crippen molar-refractivity contribution < 1.29 is 24.6 Å². The van der Waals surface area contributed by atoms with Crippen molar-refractivity contribution in [3.8, 4) is 0 Å². The first-order chi connectivity index (χ1) is 10.9. The van der Waals surface area contributed by atoms with E-state index in [0.29, 0.717) is 6.29 Å². The number of rotatable bonds is 4. The lowest BCUT2D eigenvalue weighted by atomic mass is 10.1. The molecule has 2 aromatic rings. The summed E-state index contributed by atoms with van der Waals surface area (Å²) in [6.45, 7) is 2.08. The van der Waals surface area contributed by atoms with Gasteiger partial charge in [-0.15, -0.1) is 0 Å². The number of hydrogen-bond donors (Lipinski definition) is 3. The molecule has 0 saturated heterocycles. The van der Waals surface area contributed by atoms with Gasteiger partial charge in [-0.25, -0.2) is 9.59 Å². The molecular weight excluding hydrogens is 298 g/mol. The van der Waals surface area contributed by atoms with Crippen molar-refractivity contribution in [1.82, 2.24) is 0 Å². The number of aryl methyl sites for hydroxylation is 1. The topological polar surface area (TPSA) is 104 Å². The van der Waals surface area contributed by atoms with Crippen molar-refractivity contribution >= 4 is 23.9 Å². The predicted molar refractivity (Wildman–Crippen MR) is 86.5 cm³/mol. The molecule has 6 nitrogen and oxygen atoms in total. The average molecular weight is 315 g/mol. The lowest BCUT2D eigenvalue weighted by molar-refractivity contribution is 0.0694. The van der Waals surface area contributed by atoms with Gasteiger partial charge in [-0.2, -0.15) is 0 Å². The normalized spacial score (nSPS) is 9.30. The summed E-state index contributed by atoms with van der Waals surface area (Å²) in [5, 5.41) is 20.3. The Labute approximate surface area is 133 Å². The van der Waals surface area contributed by atoms with Crippen molar-refractivity contribution in [1.29, 1.82) is 0 Å². The minimum absolute atomic E-state index is 0.0394. The highest BCUT2D eigenvalue weighted by atomic mass is 16.4. The molecule has 120 valence electrons. The highest BCUT2D eigenvalue weighted by molar-refractivity contribution is 6.00. The number of hydrogen-bond acceptors (Lipinski definition) is 4. The molecule has 0 amide bonds. The summed E-state index contributed by atoms with van der Waals surface area (Å²) in [5.74, 6) is -2.56. The van der Waals surface area contributed by atoms with Crippen LogP contribution in [0.5, 0.6) is 0 Å². The van der Waals surface area contributed by atoms with Crippen LogP contribution >= 0.6 is 0 Å². The van der Waals surface area contributed by atoms with E-state index in [-0.39, 0.29) is 16.7 Å². The van der Waals surface area contributed by atoms with E-state index in [1.54, 1.807) is 0 Å². The number of anilines is 1. The largest absolute Gasteiger partial charge is 0.478 e. The molecule has 0 spiro atoms. The zero-order valence-electron chi connectivity index (χ0n) is 12.7. The van der Waals surface area contributed by atoms with Gasteiger partial charge in [0, 0.05) is 18.3 Å². The van der Waals surface area contributed by atoms with Gasteiger partial charge in [-0.05, 0) is 37.3 Å². The minimum atomic E-state index is -1.32. The quantitative estimate of drug-likeness (QED) is 0.749. The molecule has 2 rings (SSSR count). The lowest BCUT2D eigenvalue weighted by Gasteiger charge is -2.00. The first kappa shape index (κ1) is 17.9. The maximum atomic E-state index is 10.6. The molecule has 6 heteroatoms. The van der Waals surface area contributed by atoms with E-state index in [1.165, 1.54) is 23.4 Å². The number of aromatic carboxylic acids is 2. The molecule has 0 aliphatic rings. The Hall–Kier alpha value is -3.15. The van der Waals surface area contributed by atoms with Crippen LogP contribution < -0.4 is 5.32 Å². The van der Waals surface area contributed by atoms with E-state index in [9.17, 15) is 14.4 Å². The van der Waals surface area contributed by atoms with E-state index < -0.39 is 11.9 Å². The van der Waals surface area contributed by atoms with E-state index in [1.807, 2.05) is 7.05 Å². The summed E-state index contributed by atoms with van der Waals surface area (Å²) in [5.41, 5.74) is 1.96. The van der Waals surface area contributed by atoms with Crippen LogP contribution in [-0.4, -0.2) is 35.5 Å². The second kappa shape index (κ2) is 8.33. The van der Waals surface area contributed by atoms with Gasteiger partial charge in [0.15, 0.2) is 6.29 Å². The Balaban J connectivity index is 0.000000253. The molecule has 0 saturated carbocycles. The van der Waals surface area contributed by atoms with Crippen molar-refractivity contribution in [3.63, 3.8) is 0 Å². The third-order valence-electron chi connectivity index (χ3n) is 3.00. The van der Waals surface area contributed by atoms with Crippen molar-refractivity contribution in [3.05, 3.63) is 64.7 Å². The van der Waals surface area contributed by atoms with Crippen LogP contribution in [0.3, 0.4) is 0 Å². The SMILES string of the molecule is CNc1ccc(C)cc1.O=Cc1ccc(C(=O)O)cc1C(=O)O. The van der Waals surface area contributed by atoms with Gasteiger partial charge in [0.1, 0.15) is 0 Å². The summed E-state index contributed by atoms with van der Waals surface area (Å²) in [6.07, 6.45) is 0.370. The second-order valence-corrected chi connectivity index (χ2v) is 4.65. The maximum absolute atomic E-state index is 10.6. The van der Waals surface area contributed by atoms with Crippen LogP contribution in [0.25, 0.3) is 0 Å². The molecule has 2 aromatic carbocycles. The second-order valence-electron chi connectivity index (χ2n) is 4.65. The molecule has 0 aliphatic carbocycles. The molecule has 23 heavy (non-hydrogen) atoms. The number of carboxylic acid groups (broad SMARTS) is 2. The molecule has 0 aromatic heterocycles. The molecule has 0 fully saturated rings. The van der Waals surface area contributed by atoms with Gasteiger partial charge in [0.2, 0.25) is 0 Å². The van der Waals surface area contributed by atoms with Crippen LogP contribution in [-0.2, 0) is 0 Å². The van der Waals surface area contributed by atoms with Crippen LogP contribution in [0, 0.1) is 6.92 Å². The number of benzene rings is 2. The number of nitrogens with one attached hydrogen (secondary N) is 1. The van der Waals surface area contributed by atoms with Crippen molar-refractivity contribution in [2.45, 2.75) is 6.92 Å². The van der Waals surface area contributed by atoms with Gasteiger partial charge >= 0.3 is 11.9 Å². The summed E-state index contributed by atoms with van der Waals surface area (Å²) < 4.78 is 0. The van der Waals surface area contributed by atoms with Gasteiger partial charge in [-0.1, -0.05) is 17.7 Å². The highest BCUT2D eigenvalue weighted by Crippen LogP contribution is 2.10. The first-order valence-corrected chi connectivity index (χ1v) is 6.69. The number of carbonyl (C=O) groups is 3. The molecule has 0 heterocycles. The zero-order valence-corrected chi connectivity index (χ0v) is 12.7. The Morgan fingerprint density at radius 3 is 2.04 bits per heavy atom. The Morgan fingerprint density at radius 2 is 1.61 bits per heavy atom. The smallest absolute Gasteiger partial charge is 0.336 e. The Morgan fingerprint density at radius 1 is 1.00 bits per heavy atom. The third-order valence-corrected chi connectivity index (χ3v) is 3.00. The van der Waals surface area contributed by atoms with Gasteiger partial charge in [0.05, 0.1) is 11.1 Å². The fraction of sp³-hybridized carbons (Fsp3) is 0.118. The number of aldehydes is 1. The van der Waals surface area contributed by atoms with Crippen LogP contribution in [0.15, 0.2) is 42.5 Å². The summed E-state index contributed by atoms with van der Waals surface area (Å²) >= 11 is 0. The third kappa shape index (κ3) is 5.28. The van der Waals surface area contributed by atoms with E-state index in [4.69, 9.17) is 10.2 Å². The monoisotopic (exact) mass is 315 g/mol. The van der Waals surface area contributed by atoms with Crippen LogP contribution in [0.1, 0.15) is 36.6 Å². The zero-order chi connectivity index (χ0) is 17.4. The van der Waals surface area contributed by atoms with E-state index >= 15 is 0 Å². The van der Waals surface area contributed by atoms with Crippen molar-refractivity contribution in [2.75, 3.05) is 12.4 Å². The summed E-state index contributed by atoms with van der Waals surface area (Å²) in [4.78, 5) is 31.5. The molecule has 0 unspecified atom stereocenters. The van der Waals surface area contributed by atoms with Gasteiger partial charge in [-0.3, -0.25) is 4.79 Å². The molecule has 0 bridgehead atoms. The highest BCUT2D eigenvalue weighted by Gasteiger charge is 2.12. The standard InChI is InChI=1S/C9H6O5.C8H11N/c10-4-6-2-1-5(8(11)12)3-7(6)9(13)14;1-7-3-5-8(9-2)6-4-7/h1-4H,(H,11,12)(H,13,14);3-6,9H,1-2H3. The molecule has 0 radical (unpaired) electrons. The maximum Gasteiger partial charge on any atom is 0.336 e. The fourth-order valence-corrected chi connectivity index (χ4v) is 1.70. The van der Waals surface area contributed by atoms with Gasteiger partial charge < -0.3 is 15.5 Å².